The van der Waals surface area contributed by atoms with Crippen molar-refractivity contribution in [1.82, 2.24) is 9.97 Å². The Labute approximate surface area is 121 Å². The molecule has 2 aromatic rings. The molecule has 1 heterocycles. The first-order chi connectivity index (χ1) is 8.60. The van der Waals surface area contributed by atoms with Gasteiger partial charge < -0.3 is 15.2 Å². The Kier molecular flexibility index (Phi) is 4.03. The largest absolute Gasteiger partial charge is 0.496 e. The molecule has 0 radical (unpaired) electrons. The maximum atomic E-state index is 5.58. The number of rotatable bonds is 3. The average Bonchev–Trinajstić information content (AvgIpc) is 2.36. The number of nitrogen functional groups attached to an aromatic ring is 1. The van der Waals surface area contributed by atoms with Gasteiger partial charge >= 0.3 is 0 Å². The predicted molar refractivity (Wildman–Crippen MR) is 74.9 cm³/mol. The molecule has 1 aromatic carbocycles. The lowest BCUT2D eigenvalue weighted by atomic mass is 10.3. The summed E-state index contributed by atoms with van der Waals surface area (Å²) in [4.78, 5) is 7.91. The number of anilines is 1. The maximum absolute atomic E-state index is 5.58. The van der Waals surface area contributed by atoms with E-state index in [1.165, 1.54) is 12.4 Å². The van der Waals surface area contributed by atoms with Crippen molar-refractivity contribution in [3.8, 4) is 17.4 Å². The van der Waals surface area contributed by atoms with E-state index in [0.29, 0.717) is 23.2 Å². The monoisotopic (exact) mass is 373 g/mol. The topological polar surface area (TPSA) is 70.3 Å². The fourth-order valence-corrected chi connectivity index (χ4v) is 2.12. The Morgan fingerprint density at radius 1 is 1.06 bits per heavy atom. The van der Waals surface area contributed by atoms with Crippen LogP contribution in [0.15, 0.2) is 33.5 Å². The summed E-state index contributed by atoms with van der Waals surface area (Å²) in [6.07, 6.45) is 2.89. The molecule has 0 unspecified atom stereocenters. The van der Waals surface area contributed by atoms with Crippen molar-refractivity contribution in [2.45, 2.75) is 0 Å². The number of hydrogen-bond donors (Lipinski definition) is 1. The molecule has 0 saturated heterocycles. The molecule has 94 valence electrons. The zero-order valence-corrected chi connectivity index (χ0v) is 12.5. The van der Waals surface area contributed by atoms with Gasteiger partial charge in [-0.25, -0.2) is 9.97 Å². The van der Waals surface area contributed by atoms with E-state index in [2.05, 4.69) is 41.8 Å². The number of aromatic nitrogens is 2. The van der Waals surface area contributed by atoms with Crippen LogP contribution in [0.1, 0.15) is 0 Å². The van der Waals surface area contributed by atoms with Gasteiger partial charge in [-0.3, -0.25) is 0 Å². The number of ether oxygens (including phenoxy) is 2. The number of nitrogens with two attached hydrogens (primary N) is 1. The van der Waals surface area contributed by atoms with Gasteiger partial charge in [-0.15, -0.1) is 0 Å². The molecule has 0 aliphatic heterocycles. The third kappa shape index (κ3) is 2.91. The van der Waals surface area contributed by atoms with Crippen molar-refractivity contribution < 1.29 is 9.47 Å². The second-order valence-corrected chi connectivity index (χ2v) is 5.01. The normalized spacial score (nSPS) is 10.2. The highest BCUT2D eigenvalue weighted by atomic mass is 79.9. The summed E-state index contributed by atoms with van der Waals surface area (Å²) >= 11 is 6.78. The summed E-state index contributed by atoms with van der Waals surface area (Å²) < 4.78 is 12.3. The number of halogens is 2. The molecular formula is C11H9Br2N3O2. The first-order valence-corrected chi connectivity index (χ1v) is 6.47. The molecule has 0 saturated carbocycles. The standard InChI is InChI=1S/C11H9Br2N3O2/c1-17-8-2-7(13)9(3-6(8)12)18-11-5-15-10(14)4-16-11/h2-5H,1H3,(H2,14,15). The van der Waals surface area contributed by atoms with E-state index in [4.69, 9.17) is 15.2 Å². The van der Waals surface area contributed by atoms with Crippen molar-refractivity contribution in [1.29, 1.82) is 0 Å². The fraction of sp³-hybridized carbons (Fsp3) is 0.0909. The molecule has 1 aromatic heterocycles. The fourth-order valence-electron chi connectivity index (χ4n) is 1.24. The molecule has 18 heavy (non-hydrogen) atoms. The van der Waals surface area contributed by atoms with E-state index in [1.807, 2.05) is 0 Å². The van der Waals surface area contributed by atoms with Crippen LogP contribution in [0.4, 0.5) is 5.82 Å². The first-order valence-electron chi connectivity index (χ1n) is 4.88. The molecule has 0 spiro atoms. The third-order valence-corrected chi connectivity index (χ3v) is 3.31. The van der Waals surface area contributed by atoms with Crippen LogP contribution in [0.3, 0.4) is 0 Å². The van der Waals surface area contributed by atoms with E-state index in [-0.39, 0.29) is 0 Å². The summed E-state index contributed by atoms with van der Waals surface area (Å²) in [7, 11) is 1.60. The van der Waals surface area contributed by atoms with Crippen LogP contribution >= 0.6 is 31.9 Å². The minimum absolute atomic E-state index is 0.345. The van der Waals surface area contributed by atoms with Crippen LogP contribution in [0.2, 0.25) is 0 Å². The molecule has 0 fully saturated rings. The maximum Gasteiger partial charge on any atom is 0.238 e. The van der Waals surface area contributed by atoms with Crippen molar-refractivity contribution in [2.24, 2.45) is 0 Å². The van der Waals surface area contributed by atoms with E-state index in [1.54, 1.807) is 19.2 Å². The molecular weight excluding hydrogens is 366 g/mol. The third-order valence-electron chi connectivity index (χ3n) is 2.07. The van der Waals surface area contributed by atoms with Crippen LogP contribution in [0.5, 0.6) is 17.4 Å². The smallest absolute Gasteiger partial charge is 0.238 e. The second kappa shape index (κ2) is 5.53. The summed E-state index contributed by atoms with van der Waals surface area (Å²) in [5.41, 5.74) is 5.45. The van der Waals surface area contributed by atoms with Gasteiger partial charge in [-0.2, -0.15) is 0 Å². The summed E-state index contributed by atoms with van der Waals surface area (Å²) in [5, 5.41) is 0. The van der Waals surface area contributed by atoms with Crippen molar-refractivity contribution >= 4 is 37.7 Å². The summed E-state index contributed by atoms with van der Waals surface area (Å²) in [6, 6.07) is 3.57. The second-order valence-electron chi connectivity index (χ2n) is 3.30. The number of benzene rings is 1. The highest BCUT2D eigenvalue weighted by Gasteiger charge is 2.09. The van der Waals surface area contributed by atoms with Crippen LogP contribution in [0, 0.1) is 0 Å². The van der Waals surface area contributed by atoms with Gasteiger partial charge in [-0.05, 0) is 44.0 Å². The van der Waals surface area contributed by atoms with Crippen LogP contribution in [0.25, 0.3) is 0 Å². The molecule has 0 atom stereocenters. The summed E-state index contributed by atoms with van der Waals surface area (Å²) in [6.45, 7) is 0. The molecule has 7 heteroatoms. The molecule has 2 rings (SSSR count). The van der Waals surface area contributed by atoms with Gasteiger partial charge in [0, 0.05) is 0 Å². The molecule has 0 amide bonds. The molecule has 0 bridgehead atoms. The number of nitrogens with zero attached hydrogens (tertiary/aromatic N) is 2. The van der Waals surface area contributed by atoms with E-state index in [0.717, 1.165) is 8.95 Å². The lowest BCUT2D eigenvalue weighted by Gasteiger charge is -2.10. The summed E-state index contributed by atoms with van der Waals surface area (Å²) in [5.74, 6) is 2.01. The zero-order chi connectivity index (χ0) is 13.1. The van der Waals surface area contributed by atoms with Gasteiger partial charge in [-0.1, -0.05) is 0 Å². The van der Waals surface area contributed by atoms with E-state index in [9.17, 15) is 0 Å². The van der Waals surface area contributed by atoms with Gasteiger partial charge in [0.05, 0.1) is 28.4 Å². The molecule has 0 aliphatic carbocycles. The lowest BCUT2D eigenvalue weighted by Crippen LogP contribution is -1.94. The van der Waals surface area contributed by atoms with Crippen LogP contribution in [-0.2, 0) is 0 Å². The van der Waals surface area contributed by atoms with Crippen molar-refractivity contribution in [3.63, 3.8) is 0 Å². The first kappa shape index (κ1) is 13.1. The Bertz CT molecular complexity index is 561. The van der Waals surface area contributed by atoms with Gasteiger partial charge in [0.2, 0.25) is 5.88 Å². The molecule has 2 N–H and O–H groups in total. The Morgan fingerprint density at radius 2 is 1.72 bits per heavy atom. The van der Waals surface area contributed by atoms with E-state index < -0.39 is 0 Å². The quantitative estimate of drug-likeness (QED) is 0.891. The molecule has 0 aliphatic rings. The van der Waals surface area contributed by atoms with Gasteiger partial charge in [0.25, 0.3) is 0 Å². The molecule has 5 nitrogen and oxygen atoms in total. The van der Waals surface area contributed by atoms with E-state index >= 15 is 0 Å². The number of methoxy groups -OCH3 is 1. The Hall–Kier alpha value is -1.34. The minimum Gasteiger partial charge on any atom is -0.496 e. The highest BCUT2D eigenvalue weighted by molar-refractivity contribution is 9.11. The van der Waals surface area contributed by atoms with Crippen molar-refractivity contribution in [2.75, 3.05) is 12.8 Å². The van der Waals surface area contributed by atoms with Crippen LogP contribution in [-0.4, -0.2) is 17.1 Å². The van der Waals surface area contributed by atoms with Crippen molar-refractivity contribution in [3.05, 3.63) is 33.5 Å². The SMILES string of the molecule is COc1cc(Br)c(Oc2cnc(N)cn2)cc1Br. The Balaban J connectivity index is 2.29. The highest BCUT2D eigenvalue weighted by Crippen LogP contribution is 2.37. The Morgan fingerprint density at radius 3 is 2.33 bits per heavy atom. The zero-order valence-electron chi connectivity index (χ0n) is 9.35. The minimum atomic E-state index is 0.345. The van der Waals surface area contributed by atoms with Gasteiger partial charge in [0.1, 0.15) is 17.3 Å². The predicted octanol–water partition coefficient (Wildman–Crippen LogP) is 3.38. The van der Waals surface area contributed by atoms with Crippen LogP contribution < -0.4 is 15.2 Å². The van der Waals surface area contributed by atoms with Gasteiger partial charge in [0.15, 0.2) is 0 Å². The number of hydrogen-bond acceptors (Lipinski definition) is 5. The average molecular weight is 375 g/mol. The lowest BCUT2D eigenvalue weighted by molar-refractivity contribution is 0.408.